The van der Waals surface area contributed by atoms with E-state index in [1.165, 1.54) is 0 Å². The molecule has 0 bridgehead atoms. The molecule has 0 radical (unpaired) electrons. The molecule has 1 saturated heterocycles. The summed E-state index contributed by atoms with van der Waals surface area (Å²) in [7, 11) is 0. The molecule has 1 fully saturated rings. The van der Waals surface area contributed by atoms with E-state index in [-0.39, 0.29) is 5.75 Å². The average molecular weight is 239 g/mol. The van der Waals surface area contributed by atoms with Gasteiger partial charge in [-0.05, 0) is 31.0 Å². The lowest BCUT2D eigenvalue weighted by Gasteiger charge is -2.13. The topological polar surface area (TPSA) is 55.5 Å². The Morgan fingerprint density at radius 3 is 3.00 bits per heavy atom. The summed E-state index contributed by atoms with van der Waals surface area (Å²) in [6.07, 6.45) is 1.47. The molecule has 3 nitrogen and oxygen atoms in total. The van der Waals surface area contributed by atoms with Gasteiger partial charge in [0.05, 0.1) is 11.8 Å². The van der Waals surface area contributed by atoms with Gasteiger partial charge < -0.3 is 15.6 Å². The van der Waals surface area contributed by atoms with Gasteiger partial charge in [-0.3, -0.25) is 0 Å². The van der Waals surface area contributed by atoms with Crippen molar-refractivity contribution in [3.05, 3.63) is 23.8 Å². The minimum atomic E-state index is 0.159. The maximum atomic E-state index is 9.31. The lowest BCUT2D eigenvalue weighted by Crippen LogP contribution is -2.13. The van der Waals surface area contributed by atoms with Crippen LogP contribution in [-0.2, 0) is 10.5 Å². The lowest BCUT2D eigenvalue weighted by atomic mass is 10.2. The third-order valence-electron chi connectivity index (χ3n) is 2.86. The summed E-state index contributed by atoms with van der Waals surface area (Å²) >= 11 is 1.90. The van der Waals surface area contributed by atoms with Crippen molar-refractivity contribution in [2.24, 2.45) is 0 Å². The van der Waals surface area contributed by atoms with Crippen LogP contribution in [0, 0.1) is 0 Å². The summed E-state index contributed by atoms with van der Waals surface area (Å²) in [4.78, 5) is 0. The standard InChI is InChI=1S/C12H17NO2S/c1-8-12(4-5-15-8)16-7-9-2-3-11(14)10(13)6-9/h2-3,6,8,12,14H,4-5,7,13H2,1H3. The van der Waals surface area contributed by atoms with Gasteiger partial charge >= 0.3 is 0 Å². The van der Waals surface area contributed by atoms with Crippen molar-refractivity contribution in [2.75, 3.05) is 12.3 Å². The van der Waals surface area contributed by atoms with E-state index in [0.29, 0.717) is 17.0 Å². The van der Waals surface area contributed by atoms with Crippen molar-refractivity contribution in [2.45, 2.75) is 30.5 Å². The van der Waals surface area contributed by atoms with Crippen LogP contribution in [0.4, 0.5) is 5.69 Å². The maximum absolute atomic E-state index is 9.31. The molecular weight excluding hydrogens is 222 g/mol. The number of rotatable bonds is 3. The fraction of sp³-hybridized carbons (Fsp3) is 0.500. The quantitative estimate of drug-likeness (QED) is 0.628. The smallest absolute Gasteiger partial charge is 0.138 e. The van der Waals surface area contributed by atoms with Gasteiger partial charge in [0, 0.05) is 17.6 Å². The van der Waals surface area contributed by atoms with Gasteiger partial charge in [0.1, 0.15) is 5.75 Å². The Morgan fingerprint density at radius 1 is 1.56 bits per heavy atom. The molecule has 16 heavy (non-hydrogen) atoms. The summed E-state index contributed by atoms with van der Waals surface area (Å²) in [6, 6.07) is 5.40. The molecule has 1 aromatic carbocycles. The van der Waals surface area contributed by atoms with E-state index in [0.717, 1.165) is 24.3 Å². The van der Waals surface area contributed by atoms with Crippen LogP contribution in [0.25, 0.3) is 0 Å². The number of anilines is 1. The molecule has 1 aliphatic rings. The minimum absolute atomic E-state index is 0.159. The molecule has 2 unspecified atom stereocenters. The Morgan fingerprint density at radius 2 is 2.38 bits per heavy atom. The summed E-state index contributed by atoms with van der Waals surface area (Å²) in [6.45, 7) is 2.99. The summed E-state index contributed by atoms with van der Waals surface area (Å²) in [5, 5.41) is 9.89. The third kappa shape index (κ3) is 2.62. The number of phenols is 1. The summed E-state index contributed by atoms with van der Waals surface area (Å²) < 4.78 is 5.51. The first-order valence-electron chi connectivity index (χ1n) is 5.47. The molecule has 1 aliphatic heterocycles. The van der Waals surface area contributed by atoms with Crippen LogP contribution in [0.1, 0.15) is 18.9 Å². The third-order valence-corrected chi connectivity index (χ3v) is 4.41. The zero-order chi connectivity index (χ0) is 11.5. The monoisotopic (exact) mass is 239 g/mol. The van der Waals surface area contributed by atoms with E-state index in [1.807, 2.05) is 23.9 Å². The fourth-order valence-electron chi connectivity index (χ4n) is 1.83. The number of nitrogens with two attached hydrogens (primary N) is 1. The van der Waals surface area contributed by atoms with E-state index in [4.69, 9.17) is 10.5 Å². The molecule has 0 aromatic heterocycles. The number of nitrogen functional groups attached to an aromatic ring is 1. The molecule has 0 aliphatic carbocycles. The highest BCUT2D eigenvalue weighted by Crippen LogP contribution is 2.30. The van der Waals surface area contributed by atoms with Crippen LogP contribution in [0.3, 0.4) is 0 Å². The first-order chi connectivity index (χ1) is 7.66. The Labute approximate surface area is 100.0 Å². The molecule has 2 rings (SSSR count). The molecule has 0 spiro atoms. The second kappa shape index (κ2) is 4.97. The number of phenolic OH excluding ortho intramolecular Hbond substituents is 1. The van der Waals surface area contributed by atoms with E-state index < -0.39 is 0 Å². The van der Waals surface area contributed by atoms with Crippen LogP contribution in [0.15, 0.2) is 18.2 Å². The molecule has 4 heteroatoms. The Hall–Kier alpha value is -0.870. The van der Waals surface area contributed by atoms with Gasteiger partial charge in [-0.25, -0.2) is 0 Å². The molecule has 2 atom stereocenters. The fourth-order valence-corrected chi connectivity index (χ4v) is 3.03. The molecular formula is C12H17NO2S. The van der Waals surface area contributed by atoms with Gasteiger partial charge in [0.25, 0.3) is 0 Å². The van der Waals surface area contributed by atoms with E-state index in [2.05, 4.69) is 6.92 Å². The largest absolute Gasteiger partial charge is 0.506 e. The molecule has 0 saturated carbocycles. The highest BCUT2D eigenvalue weighted by molar-refractivity contribution is 7.99. The van der Waals surface area contributed by atoms with E-state index >= 15 is 0 Å². The van der Waals surface area contributed by atoms with Crippen molar-refractivity contribution >= 4 is 17.4 Å². The van der Waals surface area contributed by atoms with Gasteiger partial charge in [0.15, 0.2) is 0 Å². The second-order valence-corrected chi connectivity index (χ2v) is 5.33. The van der Waals surface area contributed by atoms with Crippen LogP contribution in [-0.4, -0.2) is 23.1 Å². The first kappa shape index (κ1) is 11.6. The highest BCUT2D eigenvalue weighted by Gasteiger charge is 2.24. The van der Waals surface area contributed by atoms with Gasteiger partial charge in [0.2, 0.25) is 0 Å². The first-order valence-corrected chi connectivity index (χ1v) is 6.52. The summed E-state index contributed by atoms with van der Waals surface area (Å²) in [5.74, 6) is 1.08. The molecule has 0 amide bonds. The molecule has 1 aromatic rings. The lowest BCUT2D eigenvalue weighted by molar-refractivity contribution is 0.127. The SMILES string of the molecule is CC1OCCC1SCc1ccc(O)c(N)c1. The van der Waals surface area contributed by atoms with Gasteiger partial charge in [-0.15, -0.1) is 0 Å². The number of hydrogen-bond donors (Lipinski definition) is 2. The molecule has 88 valence electrons. The number of hydrogen-bond acceptors (Lipinski definition) is 4. The summed E-state index contributed by atoms with van der Waals surface area (Å²) in [5.41, 5.74) is 7.25. The van der Waals surface area contributed by atoms with E-state index in [9.17, 15) is 5.11 Å². The molecule has 3 N–H and O–H groups in total. The van der Waals surface area contributed by atoms with Crippen molar-refractivity contribution in [3.8, 4) is 5.75 Å². The maximum Gasteiger partial charge on any atom is 0.138 e. The van der Waals surface area contributed by atoms with Crippen molar-refractivity contribution in [1.82, 2.24) is 0 Å². The Kier molecular flexibility index (Phi) is 3.61. The van der Waals surface area contributed by atoms with Crippen LogP contribution >= 0.6 is 11.8 Å². The van der Waals surface area contributed by atoms with Crippen LogP contribution < -0.4 is 5.73 Å². The average Bonchev–Trinajstić information content (AvgIpc) is 2.66. The van der Waals surface area contributed by atoms with Gasteiger partial charge in [-0.2, -0.15) is 11.8 Å². The number of benzene rings is 1. The Bertz CT molecular complexity index is 370. The zero-order valence-corrected chi connectivity index (χ0v) is 10.2. The number of thioether (sulfide) groups is 1. The van der Waals surface area contributed by atoms with Gasteiger partial charge in [-0.1, -0.05) is 6.07 Å². The zero-order valence-electron chi connectivity index (χ0n) is 9.35. The number of aromatic hydroxyl groups is 1. The van der Waals surface area contributed by atoms with E-state index in [1.54, 1.807) is 6.07 Å². The predicted octanol–water partition coefficient (Wildman–Crippen LogP) is 2.38. The second-order valence-electron chi connectivity index (χ2n) is 4.11. The predicted molar refractivity (Wildman–Crippen MR) is 67.6 cm³/mol. The van der Waals surface area contributed by atoms with Crippen molar-refractivity contribution in [3.63, 3.8) is 0 Å². The highest BCUT2D eigenvalue weighted by atomic mass is 32.2. The number of ether oxygens (including phenoxy) is 1. The molecule has 1 heterocycles. The van der Waals surface area contributed by atoms with Crippen LogP contribution in [0.2, 0.25) is 0 Å². The Balaban J connectivity index is 1.91. The normalized spacial score (nSPS) is 24.8. The minimum Gasteiger partial charge on any atom is -0.506 e. The van der Waals surface area contributed by atoms with Crippen LogP contribution in [0.5, 0.6) is 5.75 Å². The van der Waals surface area contributed by atoms with Crippen molar-refractivity contribution < 1.29 is 9.84 Å². The van der Waals surface area contributed by atoms with Crippen molar-refractivity contribution in [1.29, 1.82) is 0 Å².